The first kappa shape index (κ1) is 6.69. The van der Waals surface area contributed by atoms with Crippen molar-refractivity contribution >= 4 is 9.62 Å². The summed E-state index contributed by atoms with van der Waals surface area (Å²) in [5.74, 6) is 0.521. The molecular weight excluding hydrogens is 108 g/mol. The molecule has 42 valence electrons. The molecule has 0 spiro atoms. The van der Waals surface area contributed by atoms with Crippen LogP contribution in [0.25, 0.3) is 0 Å². The summed E-state index contributed by atoms with van der Waals surface area (Å²) in [4.78, 5) is 0. The Hall–Kier alpha value is -0.310. The molecule has 7 heavy (non-hydrogen) atoms. The van der Waals surface area contributed by atoms with Crippen LogP contribution in [0.1, 0.15) is 0 Å². The van der Waals surface area contributed by atoms with Gasteiger partial charge in [-0.15, -0.1) is 6.58 Å². The van der Waals surface area contributed by atoms with Gasteiger partial charge in [-0.25, -0.2) is 0 Å². The van der Waals surface area contributed by atoms with Crippen molar-refractivity contribution in [1.82, 2.24) is 0 Å². The normalized spacial score (nSPS) is 11.0. The molecule has 0 rings (SSSR count). The van der Waals surface area contributed by atoms with Crippen molar-refractivity contribution in [3.05, 3.63) is 12.7 Å². The van der Waals surface area contributed by atoms with Gasteiger partial charge in [0.05, 0.1) is 0 Å². The number of rotatable bonds is 2. The van der Waals surface area contributed by atoms with Crippen LogP contribution < -0.4 is 0 Å². The van der Waals surface area contributed by atoms with Gasteiger partial charge in [-0.1, -0.05) is 15.7 Å². The molecule has 0 amide bonds. The van der Waals surface area contributed by atoms with Crippen LogP contribution in [0.15, 0.2) is 12.7 Å². The molecule has 0 aliphatic rings. The molecule has 0 heterocycles. The van der Waals surface area contributed by atoms with Crippen LogP contribution >= 0.6 is 0 Å². The lowest BCUT2D eigenvalue weighted by molar-refractivity contribution is 1.49. The van der Waals surface area contributed by atoms with Gasteiger partial charge in [0.2, 0.25) is 0 Å². The second kappa shape index (κ2) is 2.12. The predicted molar refractivity (Wildman–Crippen MR) is 33.8 cm³/mol. The molecule has 0 saturated carbocycles. The summed E-state index contributed by atoms with van der Waals surface area (Å²) in [6.07, 6.45) is 3.24. The summed E-state index contributed by atoms with van der Waals surface area (Å²) in [5.41, 5.74) is 0. The molecule has 3 heteroatoms. The Balaban J connectivity index is 3.84. The quantitative estimate of drug-likeness (QED) is 0.516. The van der Waals surface area contributed by atoms with Crippen molar-refractivity contribution in [2.24, 2.45) is 0 Å². The van der Waals surface area contributed by atoms with Gasteiger partial charge in [-0.2, -0.15) is 0 Å². The van der Waals surface area contributed by atoms with Gasteiger partial charge in [0.25, 0.3) is 0 Å². The lowest BCUT2D eigenvalue weighted by Gasteiger charge is -1.93. The zero-order chi connectivity index (χ0) is 5.91. The number of hydrogen-bond acceptors (Lipinski definition) is 2. The van der Waals surface area contributed by atoms with Crippen LogP contribution in [0.2, 0.25) is 0 Å². The largest absolute Gasteiger partial charge is 0.270 e. The van der Waals surface area contributed by atoms with E-state index in [9.17, 15) is 0 Å². The van der Waals surface area contributed by atoms with Gasteiger partial charge in [-0.05, 0) is 0 Å². The third kappa shape index (κ3) is 5.69. The van der Waals surface area contributed by atoms with Crippen LogP contribution in [-0.4, -0.2) is 12.0 Å². The van der Waals surface area contributed by atoms with E-state index in [1.54, 1.807) is 12.3 Å². The standard InChI is InChI=1S/C4H10N2S/c1-3-4-7(2,5)6/h3,5-6H,1,4H2,2H3. The fourth-order valence-corrected chi connectivity index (χ4v) is 0.707. The Labute approximate surface area is 44.7 Å². The summed E-state index contributed by atoms with van der Waals surface area (Å²) in [7, 11) is -1.79. The average molecular weight is 118 g/mol. The predicted octanol–water partition coefficient (Wildman–Crippen LogP) is 1.48. The zero-order valence-electron chi connectivity index (χ0n) is 4.40. The van der Waals surface area contributed by atoms with Crippen LogP contribution in [0, 0.1) is 9.56 Å². The second-order valence-corrected chi connectivity index (χ2v) is 4.05. The lowest BCUT2D eigenvalue weighted by Crippen LogP contribution is -1.93. The highest BCUT2D eigenvalue weighted by Gasteiger charge is 1.82. The Morgan fingerprint density at radius 3 is 2.14 bits per heavy atom. The highest BCUT2D eigenvalue weighted by molar-refractivity contribution is 7.92. The summed E-state index contributed by atoms with van der Waals surface area (Å²) in [6, 6.07) is 0. The van der Waals surface area contributed by atoms with Crippen molar-refractivity contribution in [1.29, 1.82) is 9.56 Å². The minimum Gasteiger partial charge on any atom is -0.270 e. The van der Waals surface area contributed by atoms with Gasteiger partial charge in [0, 0.05) is 12.0 Å². The summed E-state index contributed by atoms with van der Waals surface area (Å²) < 4.78 is 14.0. The van der Waals surface area contributed by atoms with E-state index in [1.807, 2.05) is 0 Å². The van der Waals surface area contributed by atoms with Crippen LogP contribution in [0.3, 0.4) is 0 Å². The molecule has 0 radical (unpaired) electrons. The van der Waals surface area contributed by atoms with Crippen molar-refractivity contribution in [3.63, 3.8) is 0 Å². The van der Waals surface area contributed by atoms with Gasteiger partial charge in [0.1, 0.15) is 0 Å². The third-order valence-corrected chi connectivity index (χ3v) is 1.35. The molecular formula is C4H10N2S. The SMILES string of the molecule is C=CCS(C)(=N)=N. The topological polar surface area (TPSA) is 47.7 Å². The van der Waals surface area contributed by atoms with Crippen LogP contribution in [-0.2, 0) is 9.62 Å². The van der Waals surface area contributed by atoms with Crippen molar-refractivity contribution in [2.45, 2.75) is 0 Å². The summed E-state index contributed by atoms with van der Waals surface area (Å²) >= 11 is 0. The Morgan fingerprint density at radius 1 is 1.71 bits per heavy atom. The molecule has 0 fully saturated rings. The van der Waals surface area contributed by atoms with Gasteiger partial charge in [-0.3, -0.25) is 9.56 Å². The molecule has 0 bridgehead atoms. The minimum absolute atomic E-state index is 0.521. The molecule has 0 aromatic carbocycles. The van der Waals surface area contributed by atoms with E-state index in [4.69, 9.17) is 9.56 Å². The molecule has 0 saturated heterocycles. The molecule has 0 unspecified atom stereocenters. The summed E-state index contributed by atoms with van der Waals surface area (Å²) in [6.45, 7) is 3.43. The second-order valence-electron chi connectivity index (χ2n) is 1.54. The van der Waals surface area contributed by atoms with E-state index >= 15 is 0 Å². The van der Waals surface area contributed by atoms with Crippen molar-refractivity contribution in [2.75, 3.05) is 12.0 Å². The molecule has 2 N–H and O–H groups in total. The highest BCUT2D eigenvalue weighted by atomic mass is 32.2. The van der Waals surface area contributed by atoms with Crippen LogP contribution in [0.4, 0.5) is 0 Å². The third-order valence-electron chi connectivity index (χ3n) is 0.451. The maximum Gasteiger partial charge on any atom is 0.0305 e. The van der Waals surface area contributed by atoms with E-state index in [0.717, 1.165) is 0 Å². The molecule has 0 aliphatic heterocycles. The smallest absolute Gasteiger partial charge is 0.0305 e. The lowest BCUT2D eigenvalue weighted by atomic mass is 10.8. The van der Waals surface area contributed by atoms with E-state index in [0.29, 0.717) is 5.75 Å². The van der Waals surface area contributed by atoms with E-state index in [1.165, 1.54) is 0 Å². The zero-order valence-corrected chi connectivity index (χ0v) is 5.22. The van der Waals surface area contributed by atoms with Crippen LogP contribution in [0.5, 0.6) is 0 Å². The first-order valence-electron chi connectivity index (χ1n) is 1.92. The Bertz CT molecular complexity index is 143. The molecule has 2 nitrogen and oxygen atoms in total. The van der Waals surface area contributed by atoms with Gasteiger partial charge in [0.15, 0.2) is 0 Å². The van der Waals surface area contributed by atoms with Crippen molar-refractivity contribution < 1.29 is 0 Å². The maximum atomic E-state index is 7.01. The van der Waals surface area contributed by atoms with Gasteiger partial charge >= 0.3 is 0 Å². The monoisotopic (exact) mass is 118 g/mol. The van der Waals surface area contributed by atoms with E-state index in [-0.39, 0.29) is 0 Å². The van der Waals surface area contributed by atoms with Gasteiger partial charge < -0.3 is 0 Å². The first-order chi connectivity index (χ1) is 3.06. The fourth-order valence-electron chi connectivity index (χ4n) is 0.236. The van der Waals surface area contributed by atoms with E-state index in [2.05, 4.69) is 6.58 Å². The molecule has 0 aliphatic carbocycles. The van der Waals surface area contributed by atoms with E-state index < -0.39 is 9.62 Å². The number of nitrogens with one attached hydrogen (secondary N) is 2. The molecule has 0 aromatic heterocycles. The highest BCUT2D eigenvalue weighted by Crippen LogP contribution is 1.83. The first-order valence-corrected chi connectivity index (χ1v) is 4.13. The number of hydrogen-bond donors (Lipinski definition) is 2. The molecule has 0 aromatic rings. The van der Waals surface area contributed by atoms with Crippen molar-refractivity contribution in [3.8, 4) is 0 Å². The minimum atomic E-state index is -1.79. The average Bonchev–Trinajstić information content (AvgIpc) is 1.30. The molecule has 0 atom stereocenters. The Morgan fingerprint density at radius 2 is 2.14 bits per heavy atom. The fraction of sp³-hybridized carbons (Fsp3) is 0.500. The Kier molecular flexibility index (Phi) is 2.02. The maximum absolute atomic E-state index is 7.01. The summed E-state index contributed by atoms with van der Waals surface area (Å²) in [5, 5.41) is 0.